The van der Waals surface area contributed by atoms with Crippen LogP contribution in [0.25, 0.3) is 0 Å². The molecule has 0 saturated carbocycles. The average molecular weight is 387 g/mol. The standard InChI is InChI=1S/C21H26N2OS2/c1-3-14-24-20-11-9-19(10-12-20)23-21(25)22-13-6-15-26-16-18-8-5-4-7-17(18)2/h3-5,7-12H,1,6,13-16H2,2H3,(H2,22,23,25). The molecule has 0 aliphatic heterocycles. The van der Waals surface area contributed by atoms with E-state index in [9.17, 15) is 0 Å². The number of aryl methyl sites for hydroxylation is 1. The summed E-state index contributed by atoms with van der Waals surface area (Å²) in [5, 5.41) is 7.09. The van der Waals surface area contributed by atoms with E-state index in [1.165, 1.54) is 11.1 Å². The highest BCUT2D eigenvalue weighted by molar-refractivity contribution is 7.98. The summed E-state index contributed by atoms with van der Waals surface area (Å²) < 4.78 is 5.46. The molecule has 26 heavy (non-hydrogen) atoms. The Morgan fingerprint density at radius 3 is 2.69 bits per heavy atom. The number of nitrogens with one attached hydrogen (secondary N) is 2. The van der Waals surface area contributed by atoms with Crippen LogP contribution in [0.4, 0.5) is 5.69 Å². The number of hydrogen-bond acceptors (Lipinski definition) is 3. The molecule has 0 unspecified atom stereocenters. The van der Waals surface area contributed by atoms with Gasteiger partial charge in [0.05, 0.1) is 0 Å². The lowest BCUT2D eigenvalue weighted by Crippen LogP contribution is -2.29. The van der Waals surface area contributed by atoms with Crippen LogP contribution < -0.4 is 15.4 Å². The molecule has 0 bridgehead atoms. The molecule has 0 atom stereocenters. The lowest BCUT2D eigenvalue weighted by Gasteiger charge is -2.11. The molecule has 2 aromatic carbocycles. The van der Waals surface area contributed by atoms with E-state index in [1.54, 1.807) is 6.08 Å². The van der Waals surface area contributed by atoms with E-state index in [-0.39, 0.29) is 0 Å². The van der Waals surface area contributed by atoms with Gasteiger partial charge in [-0.3, -0.25) is 0 Å². The van der Waals surface area contributed by atoms with Gasteiger partial charge in [0.1, 0.15) is 12.4 Å². The molecule has 0 fully saturated rings. The Hall–Kier alpha value is -1.98. The Bertz CT molecular complexity index is 701. The van der Waals surface area contributed by atoms with E-state index in [1.807, 2.05) is 36.0 Å². The first-order valence-electron chi connectivity index (χ1n) is 8.70. The summed E-state index contributed by atoms with van der Waals surface area (Å²) in [5.41, 5.74) is 3.73. The number of benzene rings is 2. The van der Waals surface area contributed by atoms with Gasteiger partial charge in [-0.05, 0) is 66.7 Å². The summed E-state index contributed by atoms with van der Waals surface area (Å²) in [5.74, 6) is 2.99. The first kappa shape index (κ1) is 20.3. The molecule has 2 aromatic rings. The Kier molecular flexibility index (Phi) is 9.07. The fraction of sp³-hybridized carbons (Fsp3) is 0.286. The average Bonchev–Trinajstić information content (AvgIpc) is 2.65. The van der Waals surface area contributed by atoms with Crippen LogP contribution in [0.2, 0.25) is 0 Å². The van der Waals surface area contributed by atoms with Crippen molar-refractivity contribution in [1.29, 1.82) is 0 Å². The third kappa shape index (κ3) is 7.50. The number of ether oxygens (including phenoxy) is 1. The maximum Gasteiger partial charge on any atom is 0.170 e. The van der Waals surface area contributed by atoms with Gasteiger partial charge in [0.2, 0.25) is 0 Å². The molecule has 0 saturated heterocycles. The van der Waals surface area contributed by atoms with Crippen molar-refractivity contribution in [2.75, 3.05) is 24.2 Å². The first-order chi connectivity index (χ1) is 12.7. The van der Waals surface area contributed by atoms with Crippen LogP contribution >= 0.6 is 24.0 Å². The van der Waals surface area contributed by atoms with Crippen LogP contribution in [-0.4, -0.2) is 24.0 Å². The molecular weight excluding hydrogens is 360 g/mol. The second-order valence-electron chi connectivity index (χ2n) is 5.84. The molecule has 0 aliphatic carbocycles. The number of hydrogen-bond donors (Lipinski definition) is 2. The van der Waals surface area contributed by atoms with Crippen molar-refractivity contribution in [3.8, 4) is 5.75 Å². The Balaban J connectivity index is 1.58. The third-order valence-corrected chi connectivity index (χ3v) is 5.09. The van der Waals surface area contributed by atoms with Crippen molar-refractivity contribution in [2.24, 2.45) is 0 Å². The number of thiocarbonyl (C=S) groups is 1. The zero-order valence-electron chi connectivity index (χ0n) is 15.2. The summed E-state index contributed by atoms with van der Waals surface area (Å²) in [4.78, 5) is 0. The van der Waals surface area contributed by atoms with E-state index in [4.69, 9.17) is 17.0 Å². The second kappa shape index (κ2) is 11.6. The van der Waals surface area contributed by atoms with Crippen LogP contribution in [0.1, 0.15) is 17.5 Å². The monoisotopic (exact) mass is 386 g/mol. The fourth-order valence-electron chi connectivity index (χ4n) is 2.30. The molecule has 0 spiro atoms. The largest absolute Gasteiger partial charge is 0.490 e. The van der Waals surface area contributed by atoms with Gasteiger partial charge < -0.3 is 15.4 Å². The van der Waals surface area contributed by atoms with Crippen LogP contribution in [0.15, 0.2) is 61.2 Å². The third-order valence-electron chi connectivity index (χ3n) is 3.75. The van der Waals surface area contributed by atoms with Gasteiger partial charge in [-0.25, -0.2) is 0 Å². The summed E-state index contributed by atoms with van der Waals surface area (Å²) in [7, 11) is 0. The van der Waals surface area contributed by atoms with Gasteiger partial charge in [-0.15, -0.1) is 0 Å². The summed E-state index contributed by atoms with van der Waals surface area (Å²) in [6, 6.07) is 16.3. The minimum atomic E-state index is 0.509. The molecule has 3 nitrogen and oxygen atoms in total. The predicted molar refractivity (Wildman–Crippen MR) is 118 cm³/mol. The van der Waals surface area contributed by atoms with Gasteiger partial charge >= 0.3 is 0 Å². The van der Waals surface area contributed by atoms with Crippen LogP contribution in [0, 0.1) is 6.92 Å². The highest BCUT2D eigenvalue weighted by Crippen LogP contribution is 2.17. The maximum atomic E-state index is 5.46. The van der Waals surface area contributed by atoms with Crippen molar-refractivity contribution in [2.45, 2.75) is 19.1 Å². The van der Waals surface area contributed by atoms with Gasteiger partial charge in [0.25, 0.3) is 0 Å². The molecule has 0 amide bonds. The molecule has 2 N–H and O–H groups in total. The smallest absolute Gasteiger partial charge is 0.170 e. The topological polar surface area (TPSA) is 33.3 Å². The van der Waals surface area contributed by atoms with Crippen molar-refractivity contribution < 1.29 is 4.74 Å². The Labute approximate surface area is 166 Å². The predicted octanol–water partition coefficient (Wildman–Crippen LogP) is 5.17. The maximum absolute atomic E-state index is 5.46. The van der Waals surface area contributed by atoms with E-state index in [0.29, 0.717) is 11.7 Å². The van der Waals surface area contributed by atoms with E-state index < -0.39 is 0 Å². The fourth-order valence-corrected chi connectivity index (χ4v) is 3.55. The summed E-state index contributed by atoms with van der Waals surface area (Å²) in [6.07, 6.45) is 2.80. The minimum absolute atomic E-state index is 0.509. The summed E-state index contributed by atoms with van der Waals surface area (Å²) >= 11 is 7.30. The Morgan fingerprint density at radius 1 is 1.19 bits per heavy atom. The Morgan fingerprint density at radius 2 is 1.96 bits per heavy atom. The zero-order chi connectivity index (χ0) is 18.6. The highest BCUT2D eigenvalue weighted by atomic mass is 32.2. The molecular formula is C21H26N2OS2. The molecule has 2 rings (SSSR count). The first-order valence-corrected chi connectivity index (χ1v) is 10.3. The highest BCUT2D eigenvalue weighted by Gasteiger charge is 2.00. The molecule has 0 aromatic heterocycles. The van der Waals surface area contributed by atoms with Gasteiger partial charge in [-0.2, -0.15) is 11.8 Å². The second-order valence-corrected chi connectivity index (χ2v) is 7.35. The van der Waals surface area contributed by atoms with E-state index in [0.717, 1.165) is 35.9 Å². The lowest BCUT2D eigenvalue weighted by atomic mass is 10.1. The van der Waals surface area contributed by atoms with Crippen molar-refractivity contribution >= 4 is 34.8 Å². The zero-order valence-corrected chi connectivity index (χ0v) is 16.8. The molecule has 0 radical (unpaired) electrons. The number of rotatable bonds is 10. The quantitative estimate of drug-likeness (QED) is 0.334. The summed E-state index contributed by atoms with van der Waals surface area (Å²) in [6.45, 7) is 7.18. The molecule has 0 heterocycles. The van der Waals surface area contributed by atoms with E-state index >= 15 is 0 Å². The number of anilines is 1. The minimum Gasteiger partial charge on any atom is -0.490 e. The molecule has 138 valence electrons. The number of thioether (sulfide) groups is 1. The van der Waals surface area contributed by atoms with Gasteiger partial charge in [0.15, 0.2) is 5.11 Å². The SMILES string of the molecule is C=CCOc1ccc(NC(=S)NCCCSCc2ccccc2C)cc1. The van der Waals surface area contributed by atoms with Crippen LogP contribution in [0.5, 0.6) is 5.75 Å². The molecule has 5 heteroatoms. The normalized spacial score (nSPS) is 10.2. The molecule has 0 aliphatic rings. The van der Waals surface area contributed by atoms with Gasteiger partial charge in [0, 0.05) is 18.0 Å². The van der Waals surface area contributed by atoms with Crippen LogP contribution in [0.3, 0.4) is 0 Å². The van der Waals surface area contributed by atoms with Crippen molar-refractivity contribution in [3.05, 3.63) is 72.3 Å². The van der Waals surface area contributed by atoms with E-state index in [2.05, 4.69) is 48.4 Å². The lowest BCUT2D eigenvalue weighted by molar-refractivity contribution is 0.363. The van der Waals surface area contributed by atoms with Gasteiger partial charge in [-0.1, -0.05) is 36.9 Å². The van der Waals surface area contributed by atoms with Crippen molar-refractivity contribution in [3.63, 3.8) is 0 Å². The van der Waals surface area contributed by atoms with Crippen molar-refractivity contribution in [1.82, 2.24) is 5.32 Å². The van der Waals surface area contributed by atoms with Crippen LogP contribution in [-0.2, 0) is 5.75 Å².